The Labute approximate surface area is 142 Å². The molecule has 0 atom stereocenters. The summed E-state index contributed by atoms with van der Waals surface area (Å²) >= 11 is 0. The van der Waals surface area contributed by atoms with Crippen molar-refractivity contribution in [1.29, 1.82) is 0 Å². The first-order valence-electron chi connectivity index (χ1n) is 8.06. The standard InChI is InChI=1S/C18H17N3O4/c1-3-7-24-12-6-4-5-11(8-12)21-14-10-15-16(25-18(23)20(15)2)9-13(14)19-17(21)22/h4-6,8-10H,3,7H2,1-2H3,(H,19,22). The van der Waals surface area contributed by atoms with Gasteiger partial charge in [-0.3, -0.25) is 9.13 Å². The third-order valence-electron chi connectivity index (χ3n) is 4.14. The summed E-state index contributed by atoms with van der Waals surface area (Å²) in [6.07, 6.45) is 0.907. The second kappa shape index (κ2) is 5.70. The Balaban J connectivity index is 1.95. The zero-order valence-corrected chi connectivity index (χ0v) is 13.9. The number of ether oxygens (including phenoxy) is 1. The number of nitrogens with one attached hydrogen (secondary N) is 1. The van der Waals surface area contributed by atoms with E-state index in [0.717, 1.165) is 6.42 Å². The van der Waals surface area contributed by atoms with Crippen molar-refractivity contribution < 1.29 is 9.15 Å². The molecule has 0 radical (unpaired) electrons. The SMILES string of the molecule is CCCOc1cccc(-n2c(=O)[nH]c3cc4oc(=O)n(C)c4cc32)c1. The molecule has 0 amide bonds. The molecule has 0 aliphatic heterocycles. The molecule has 0 spiro atoms. The van der Waals surface area contributed by atoms with Crippen molar-refractivity contribution in [3.05, 3.63) is 57.4 Å². The number of hydrogen-bond donors (Lipinski definition) is 1. The van der Waals surface area contributed by atoms with Gasteiger partial charge in [-0.1, -0.05) is 13.0 Å². The highest BCUT2D eigenvalue weighted by Gasteiger charge is 2.14. The monoisotopic (exact) mass is 339 g/mol. The van der Waals surface area contributed by atoms with E-state index in [1.807, 2.05) is 31.2 Å². The summed E-state index contributed by atoms with van der Waals surface area (Å²) in [7, 11) is 1.63. The molecule has 25 heavy (non-hydrogen) atoms. The molecule has 7 nitrogen and oxygen atoms in total. The van der Waals surface area contributed by atoms with Crippen molar-refractivity contribution in [1.82, 2.24) is 14.1 Å². The van der Waals surface area contributed by atoms with E-state index in [2.05, 4.69) is 4.98 Å². The van der Waals surface area contributed by atoms with Crippen molar-refractivity contribution in [2.45, 2.75) is 13.3 Å². The van der Waals surface area contributed by atoms with E-state index in [-0.39, 0.29) is 5.69 Å². The molecule has 0 aliphatic carbocycles. The van der Waals surface area contributed by atoms with Crippen molar-refractivity contribution in [2.24, 2.45) is 7.05 Å². The Hall–Kier alpha value is -3.22. The van der Waals surface area contributed by atoms with Crippen LogP contribution in [0.3, 0.4) is 0 Å². The summed E-state index contributed by atoms with van der Waals surface area (Å²) < 4.78 is 13.8. The molecule has 128 valence electrons. The number of H-pyrrole nitrogens is 1. The van der Waals surface area contributed by atoms with Gasteiger partial charge in [0.2, 0.25) is 0 Å². The lowest BCUT2D eigenvalue weighted by Gasteiger charge is -2.08. The van der Waals surface area contributed by atoms with Crippen LogP contribution in [0.4, 0.5) is 0 Å². The first-order chi connectivity index (χ1) is 12.1. The number of aryl methyl sites for hydroxylation is 1. The molecule has 4 rings (SSSR count). The molecule has 1 N–H and O–H groups in total. The third kappa shape index (κ3) is 2.44. The summed E-state index contributed by atoms with van der Waals surface area (Å²) in [5, 5.41) is 0. The first-order valence-corrected chi connectivity index (χ1v) is 8.06. The molecule has 4 aromatic rings. The Morgan fingerprint density at radius 3 is 2.80 bits per heavy atom. The zero-order valence-electron chi connectivity index (χ0n) is 13.9. The van der Waals surface area contributed by atoms with E-state index in [9.17, 15) is 9.59 Å². The number of rotatable bonds is 4. The van der Waals surface area contributed by atoms with E-state index in [1.54, 1.807) is 23.7 Å². The second-order valence-electron chi connectivity index (χ2n) is 5.88. The van der Waals surface area contributed by atoms with Gasteiger partial charge in [0.15, 0.2) is 5.58 Å². The number of nitrogens with zero attached hydrogens (tertiary/aromatic N) is 2. The minimum absolute atomic E-state index is 0.264. The summed E-state index contributed by atoms with van der Waals surface area (Å²) in [6, 6.07) is 10.8. The van der Waals surface area contributed by atoms with Gasteiger partial charge in [0, 0.05) is 19.2 Å². The maximum absolute atomic E-state index is 12.5. The average Bonchev–Trinajstić information content (AvgIpc) is 3.07. The van der Waals surface area contributed by atoms with Crippen molar-refractivity contribution >= 4 is 22.1 Å². The van der Waals surface area contributed by atoms with Crippen molar-refractivity contribution in [3.8, 4) is 11.4 Å². The van der Waals surface area contributed by atoms with E-state index < -0.39 is 5.76 Å². The van der Waals surface area contributed by atoms with Crippen LogP contribution in [0, 0.1) is 0 Å². The number of oxazole rings is 1. The lowest BCUT2D eigenvalue weighted by molar-refractivity contribution is 0.317. The molecule has 2 heterocycles. The fourth-order valence-corrected chi connectivity index (χ4v) is 2.92. The summed E-state index contributed by atoms with van der Waals surface area (Å²) in [6.45, 7) is 2.65. The molecule has 2 aromatic carbocycles. The molecule has 0 unspecified atom stereocenters. The minimum atomic E-state index is -0.438. The van der Waals surface area contributed by atoms with Gasteiger partial charge in [-0.15, -0.1) is 0 Å². The molecule has 0 saturated carbocycles. The van der Waals surface area contributed by atoms with Crippen LogP contribution in [0.5, 0.6) is 5.75 Å². The maximum Gasteiger partial charge on any atom is 0.419 e. The van der Waals surface area contributed by atoms with Crippen LogP contribution in [-0.4, -0.2) is 20.7 Å². The van der Waals surface area contributed by atoms with Crippen LogP contribution in [0.25, 0.3) is 27.8 Å². The fraction of sp³-hybridized carbons (Fsp3) is 0.222. The fourth-order valence-electron chi connectivity index (χ4n) is 2.92. The topological polar surface area (TPSA) is 82.2 Å². The number of fused-ring (bicyclic) bond motifs is 2. The number of aromatic nitrogens is 3. The van der Waals surface area contributed by atoms with E-state index in [1.165, 1.54) is 4.57 Å². The highest BCUT2D eigenvalue weighted by atomic mass is 16.5. The molecule has 0 saturated heterocycles. The number of aromatic amines is 1. The highest BCUT2D eigenvalue weighted by Crippen LogP contribution is 2.24. The lowest BCUT2D eigenvalue weighted by Crippen LogP contribution is -2.14. The number of benzene rings is 2. The second-order valence-corrected chi connectivity index (χ2v) is 5.88. The Morgan fingerprint density at radius 1 is 1.16 bits per heavy atom. The molecule has 0 fully saturated rings. The summed E-state index contributed by atoms with van der Waals surface area (Å²) in [5.41, 5.74) is 2.77. The van der Waals surface area contributed by atoms with E-state index >= 15 is 0 Å². The van der Waals surface area contributed by atoms with Gasteiger partial charge >= 0.3 is 11.4 Å². The average molecular weight is 339 g/mol. The molecule has 7 heteroatoms. The molecule has 2 aromatic heterocycles. The number of imidazole rings is 1. The zero-order chi connectivity index (χ0) is 17.6. The van der Waals surface area contributed by atoms with E-state index in [4.69, 9.17) is 9.15 Å². The predicted octanol–water partition coefficient (Wildman–Crippen LogP) is 2.55. The first kappa shape index (κ1) is 15.3. The van der Waals surface area contributed by atoms with Gasteiger partial charge in [-0.25, -0.2) is 9.59 Å². The molecular formula is C18H17N3O4. The van der Waals surface area contributed by atoms with Crippen LogP contribution in [0.15, 0.2) is 50.4 Å². The lowest BCUT2D eigenvalue weighted by atomic mass is 10.2. The van der Waals surface area contributed by atoms with Crippen LogP contribution < -0.4 is 16.2 Å². The van der Waals surface area contributed by atoms with Gasteiger partial charge in [-0.05, 0) is 24.6 Å². The van der Waals surface area contributed by atoms with Gasteiger partial charge < -0.3 is 14.1 Å². The quantitative estimate of drug-likeness (QED) is 0.619. The minimum Gasteiger partial charge on any atom is -0.494 e. The van der Waals surface area contributed by atoms with Gasteiger partial charge in [-0.2, -0.15) is 0 Å². The molecule has 0 aliphatic rings. The van der Waals surface area contributed by atoms with Crippen molar-refractivity contribution in [3.63, 3.8) is 0 Å². The Morgan fingerprint density at radius 2 is 2.00 bits per heavy atom. The smallest absolute Gasteiger partial charge is 0.419 e. The highest BCUT2D eigenvalue weighted by molar-refractivity contribution is 5.91. The predicted molar refractivity (Wildman–Crippen MR) is 94.7 cm³/mol. The van der Waals surface area contributed by atoms with Crippen LogP contribution in [0.2, 0.25) is 0 Å². The Kier molecular flexibility index (Phi) is 3.49. The van der Waals surface area contributed by atoms with Crippen molar-refractivity contribution in [2.75, 3.05) is 6.61 Å². The Bertz CT molecular complexity index is 1190. The van der Waals surface area contributed by atoms with Crippen LogP contribution in [0.1, 0.15) is 13.3 Å². The largest absolute Gasteiger partial charge is 0.494 e. The summed E-state index contributed by atoms with van der Waals surface area (Å²) in [4.78, 5) is 27.0. The van der Waals surface area contributed by atoms with Gasteiger partial charge in [0.1, 0.15) is 5.75 Å². The molecular weight excluding hydrogens is 322 g/mol. The maximum atomic E-state index is 12.5. The van der Waals surface area contributed by atoms with Crippen LogP contribution >= 0.6 is 0 Å². The van der Waals surface area contributed by atoms with Gasteiger partial charge in [0.25, 0.3) is 0 Å². The summed E-state index contributed by atoms with van der Waals surface area (Å²) in [5.74, 6) is 0.268. The van der Waals surface area contributed by atoms with E-state index in [0.29, 0.717) is 40.2 Å². The number of hydrogen-bond acceptors (Lipinski definition) is 4. The molecule has 0 bridgehead atoms. The van der Waals surface area contributed by atoms with Gasteiger partial charge in [0.05, 0.1) is 28.8 Å². The van der Waals surface area contributed by atoms with Crippen LogP contribution in [-0.2, 0) is 7.05 Å². The normalized spacial score (nSPS) is 11.4. The third-order valence-corrected chi connectivity index (χ3v) is 4.14.